The van der Waals surface area contributed by atoms with Crippen molar-refractivity contribution in [1.82, 2.24) is 0 Å². The Hall–Kier alpha value is -3.32. The highest BCUT2D eigenvalue weighted by molar-refractivity contribution is 5.97. The maximum atomic E-state index is 14.2. The van der Waals surface area contributed by atoms with Crippen molar-refractivity contribution in [2.45, 2.75) is 67.3 Å². The first-order chi connectivity index (χ1) is 19.6. The zero-order chi connectivity index (χ0) is 34.4. The van der Waals surface area contributed by atoms with Crippen molar-refractivity contribution in [1.29, 1.82) is 0 Å². The van der Waals surface area contributed by atoms with Gasteiger partial charge in [0.05, 0.1) is 12.2 Å². The van der Waals surface area contributed by atoms with E-state index in [2.05, 4.69) is 4.74 Å². The van der Waals surface area contributed by atoms with Crippen LogP contribution in [0.4, 0.5) is 74.6 Å². The number of benzene rings is 2. The second-order valence-corrected chi connectivity index (χ2v) is 9.01. The molecule has 2 aromatic rings. The molecule has 0 atom stereocenters. The van der Waals surface area contributed by atoms with E-state index in [0.29, 0.717) is 6.07 Å². The van der Waals surface area contributed by atoms with E-state index in [9.17, 15) is 84.5 Å². The first kappa shape index (κ1) is 36.9. The average Bonchev–Trinajstić information content (AvgIpc) is 2.90. The number of carboxylic acid groups (broad SMARTS) is 1. The highest BCUT2D eigenvalue weighted by atomic mass is 19.4. The highest BCUT2D eigenvalue weighted by Gasteiger charge is 2.93. The predicted molar refractivity (Wildman–Crippen MR) is 114 cm³/mol. The van der Waals surface area contributed by atoms with E-state index in [-0.39, 0.29) is 11.1 Å². The van der Waals surface area contributed by atoms with Crippen LogP contribution in [0.1, 0.15) is 28.8 Å². The summed E-state index contributed by atoms with van der Waals surface area (Å²) in [6.07, 6.45) is -19.3. The van der Waals surface area contributed by atoms with Crippen LogP contribution < -0.4 is 0 Å². The molecule has 248 valence electrons. The summed E-state index contributed by atoms with van der Waals surface area (Å²) in [5.41, 5.74) is -2.24. The highest BCUT2D eigenvalue weighted by Crippen LogP contribution is 2.63. The molecule has 2 rings (SSSR count). The summed E-state index contributed by atoms with van der Waals surface area (Å²) in [4.78, 5) is 11.7. The predicted octanol–water partition coefficient (Wildman–Crippen LogP) is 9.32. The van der Waals surface area contributed by atoms with Crippen LogP contribution >= 0.6 is 0 Å². The molecule has 0 aromatic heterocycles. The molecule has 0 saturated heterocycles. The van der Waals surface area contributed by atoms with E-state index >= 15 is 0 Å². The molecule has 3 nitrogen and oxygen atoms in total. The molecular formula is C24H15F17O3. The molecule has 0 spiro atoms. The lowest BCUT2D eigenvalue weighted by Gasteiger charge is -2.42. The molecule has 0 bridgehead atoms. The van der Waals surface area contributed by atoms with Gasteiger partial charge >= 0.3 is 53.8 Å². The molecule has 0 aliphatic carbocycles. The summed E-state index contributed by atoms with van der Waals surface area (Å²) in [5.74, 6) is -50.0. The fraction of sp³-hybridized carbons (Fsp3) is 0.458. The quantitative estimate of drug-likeness (QED) is 0.216. The van der Waals surface area contributed by atoms with E-state index in [1.807, 2.05) is 0 Å². The first-order valence-corrected chi connectivity index (χ1v) is 11.3. The van der Waals surface area contributed by atoms with Gasteiger partial charge in [0.25, 0.3) is 0 Å². The summed E-state index contributed by atoms with van der Waals surface area (Å²) in [5, 5.41) is 9.46. The van der Waals surface area contributed by atoms with E-state index in [4.69, 9.17) is 0 Å². The number of hydrogen-bond donors (Lipinski definition) is 1. The fourth-order valence-electron chi connectivity index (χ4n) is 3.55. The summed E-state index contributed by atoms with van der Waals surface area (Å²) in [7, 11) is 0. The van der Waals surface area contributed by atoms with Gasteiger partial charge in [-0.15, -0.1) is 0 Å². The van der Waals surface area contributed by atoms with Gasteiger partial charge in [-0.25, -0.2) is 4.79 Å². The molecule has 0 aliphatic heterocycles. The zero-order valence-electron chi connectivity index (χ0n) is 20.9. The number of halogens is 17. The molecule has 0 aliphatic rings. The topological polar surface area (TPSA) is 46.5 Å². The summed E-state index contributed by atoms with van der Waals surface area (Å²) in [6.45, 7) is -2.14. The molecule has 20 heteroatoms. The van der Waals surface area contributed by atoms with Crippen LogP contribution in [0.15, 0.2) is 48.5 Å². The molecule has 1 N–H and O–H groups in total. The summed E-state index contributed by atoms with van der Waals surface area (Å²) in [6, 6.07) is 9.23. The Bertz CT molecular complexity index is 1320. The van der Waals surface area contributed by atoms with Crippen molar-refractivity contribution in [2.24, 2.45) is 0 Å². The van der Waals surface area contributed by atoms with Gasteiger partial charge in [-0.2, -0.15) is 74.6 Å². The van der Waals surface area contributed by atoms with Crippen LogP contribution in [0.25, 0.3) is 11.1 Å². The van der Waals surface area contributed by atoms with Crippen molar-refractivity contribution in [2.75, 3.05) is 0 Å². The van der Waals surface area contributed by atoms with E-state index in [1.165, 1.54) is 30.3 Å². The van der Waals surface area contributed by atoms with Gasteiger partial charge in [0.15, 0.2) is 0 Å². The van der Waals surface area contributed by atoms with Crippen LogP contribution in [-0.4, -0.2) is 58.9 Å². The van der Waals surface area contributed by atoms with Crippen molar-refractivity contribution in [3.8, 4) is 11.1 Å². The van der Waals surface area contributed by atoms with Gasteiger partial charge in [0.1, 0.15) is 0 Å². The maximum absolute atomic E-state index is 14.2. The van der Waals surface area contributed by atoms with Gasteiger partial charge in [0.2, 0.25) is 0 Å². The van der Waals surface area contributed by atoms with E-state index < -0.39 is 84.4 Å². The lowest BCUT2D eigenvalue weighted by molar-refractivity contribution is -0.467. The van der Waals surface area contributed by atoms with E-state index in [0.717, 1.165) is 12.1 Å². The Kier molecular flexibility index (Phi) is 9.68. The molecule has 0 amide bonds. The Morgan fingerprint density at radius 2 is 1.07 bits per heavy atom. The zero-order valence-corrected chi connectivity index (χ0v) is 20.9. The Morgan fingerprint density at radius 3 is 1.55 bits per heavy atom. The minimum absolute atomic E-state index is 0.0604. The lowest BCUT2D eigenvalue weighted by atomic mass is 9.89. The van der Waals surface area contributed by atoms with Crippen molar-refractivity contribution < 1.29 is 89.3 Å². The standard InChI is InChI=1S/C24H15F17O3/c25-17(26,9-10-18(27,28)29)19(30,31)20(32,33)21(34,35)22(36,37)23(38,39)24(40,41)44-11-13-7-4-8-14(15(13)16(42)43)12-5-2-1-3-6-12/h1-8H,9-11H2,(H,42,43). The number of hydrogen-bond acceptors (Lipinski definition) is 2. The molecule has 0 saturated carbocycles. The van der Waals surface area contributed by atoms with Gasteiger partial charge < -0.3 is 9.84 Å². The van der Waals surface area contributed by atoms with E-state index in [1.54, 1.807) is 0 Å². The number of rotatable bonds is 13. The Balaban J connectivity index is 2.49. The number of carboxylic acids is 1. The number of alkyl halides is 17. The molecule has 0 radical (unpaired) electrons. The summed E-state index contributed by atoms with van der Waals surface area (Å²) >= 11 is 0. The van der Waals surface area contributed by atoms with Crippen LogP contribution in [0, 0.1) is 0 Å². The van der Waals surface area contributed by atoms with Gasteiger partial charge in [-0.3, -0.25) is 0 Å². The number of ether oxygens (including phenoxy) is 1. The summed E-state index contributed by atoms with van der Waals surface area (Å²) < 4.78 is 235. The largest absolute Gasteiger partial charge is 0.478 e. The van der Waals surface area contributed by atoms with Gasteiger partial charge in [-0.05, 0) is 16.7 Å². The van der Waals surface area contributed by atoms with Crippen LogP contribution in [0.3, 0.4) is 0 Å². The molecule has 0 heterocycles. The van der Waals surface area contributed by atoms with Crippen molar-refractivity contribution >= 4 is 5.97 Å². The average molecular weight is 674 g/mol. The molecule has 0 unspecified atom stereocenters. The third kappa shape index (κ3) is 6.26. The van der Waals surface area contributed by atoms with Crippen molar-refractivity contribution in [3.63, 3.8) is 0 Å². The minimum atomic E-state index is -8.51. The third-order valence-electron chi connectivity index (χ3n) is 5.98. The molecule has 0 fully saturated rings. The van der Waals surface area contributed by atoms with Crippen LogP contribution in [0.2, 0.25) is 0 Å². The number of carbonyl (C=O) groups is 1. The lowest BCUT2D eigenvalue weighted by Crippen LogP contribution is -2.73. The first-order valence-electron chi connectivity index (χ1n) is 11.3. The fourth-order valence-corrected chi connectivity index (χ4v) is 3.55. The second kappa shape index (κ2) is 11.6. The number of aromatic carboxylic acids is 1. The smallest absolute Gasteiger partial charge is 0.426 e. The Labute approximate surface area is 234 Å². The minimum Gasteiger partial charge on any atom is -0.478 e. The molecule has 2 aromatic carbocycles. The van der Waals surface area contributed by atoms with Crippen LogP contribution in [-0.2, 0) is 11.3 Å². The van der Waals surface area contributed by atoms with Crippen LogP contribution in [0.5, 0.6) is 0 Å². The second-order valence-electron chi connectivity index (χ2n) is 9.01. The monoisotopic (exact) mass is 674 g/mol. The normalized spacial score (nSPS) is 14.6. The molecule has 44 heavy (non-hydrogen) atoms. The maximum Gasteiger partial charge on any atom is 0.426 e. The Morgan fingerprint density at radius 1 is 0.591 bits per heavy atom. The van der Waals surface area contributed by atoms with Gasteiger partial charge in [0, 0.05) is 12.8 Å². The molecular weight excluding hydrogens is 659 g/mol. The third-order valence-corrected chi connectivity index (χ3v) is 5.98. The SMILES string of the molecule is O=C(O)c1c(COC(F)(F)C(F)(F)C(F)(F)C(F)(F)C(F)(F)C(F)(F)C(F)(F)CCC(F)(F)F)cccc1-c1ccccc1. The van der Waals surface area contributed by atoms with Gasteiger partial charge in [-0.1, -0.05) is 48.5 Å². The van der Waals surface area contributed by atoms with Crippen molar-refractivity contribution in [3.05, 3.63) is 59.7 Å².